The van der Waals surface area contributed by atoms with Crippen molar-refractivity contribution < 1.29 is 9.59 Å². The number of likely N-dealkylation sites (tertiary alicyclic amines) is 3. The number of hydrogen-bond donors (Lipinski definition) is 0. The molecule has 0 N–H and O–H groups in total. The van der Waals surface area contributed by atoms with Crippen molar-refractivity contribution in [2.24, 2.45) is 5.41 Å². The first-order chi connectivity index (χ1) is 13.2. The molecule has 0 saturated carbocycles. The molecule has 0 bridgehead atoms. The Hall–Kier alpha value is -2.04. The molecule has 5 heteroatoms. The van der Waals surface area contributed by atoms with Crippen molar-refractivity contribution in [1.29, 1.82) is 0 Å². The van der Waals surface area contributed by atoms with Crippen LogP contribution in [0.25, 0.3) is 0 Å². The highest BCUT2D eigenvalue weighted by Gasteiger charge is 2.45. The molecule has 1 aromatic carbocycles. The van der Waals surface area contributed by atoms with Gasteiger partial charge in [-0.05, 0) is 44.1 Å². The minimum atomic E-state index is 0.103. The van der Waals surface area contributed by atoms with Crippen LogP contribution >= 0.6 is 0 Å². The van der Waals surface area contributed by atoms with Gasteiger partial charge in [-0.25, -0.2) is 4.79 Å². The summed E-state index contributed by atoms with van der Waals surface area (Å²) in [5.41, 5.74) is 1.44. The Morgan fingerprint density at radius 2 is 1.63 bits per heavy atom. The van der Waals surface area contributed by atoms with Crippen molar-refractivity contribution in [1.82, 2.24) is 14.7 Å². The Morgan fingerprint density at radius 3 is 2.33 bits per heavy atom. The number of aryl methyl sites for hydroxylation is 1. The molecule has 3 fully saturated rings. The fraction of sp³-hybridized carbons (Fsp3) is 0.636. The van der Waals surface area contributed by atoms with E-state index in [-0.39, 0.29) is 11.4 Å². The van der Waals surface area contributed by atoms with Crippen molar-refractivity contribution in [2.45, 2.75) is 44.9 Å². The van der Waals surface area contributed by atoms with E-state index >= 15 is 0 Å². The maximum Gasteiger partial charge on any atom is 0.319 e. The van der Waals surface area contributed by atoms with Crippen LogP contribution in [0.1, 0.15) is 44.1 Å². The molecule has 0 radical (unpaired) electrons. The zero-order chi connectivity index (χ0) is 18.7. The average molecular weight is 370 g/mol. The van der Waals surface area contributed by atoms with Crippen LogP contribution in [0.5, 0.6) is 0 Å². The minimum absolute atomic E-state index is 0.103. The van der Waals surface area contributed by atoms with E-state index in [4.69, 9.17) is 0 Å². The zero-order valence-corrected chi connectivity index (χ0v) is 16.2. The van der Waals surface area contributed by atoms with Gasteiger partial charge in [0.2, 0.25) is 5.91 Å². The Balaban J connectivity index is 1.25. The van der Waals surface area contributed by atoms with Crippen molar-refractivity contribution in [2.75, 3.05) is 39.3 Å². The molecule has 3 aliphatic heterocycles. The second kappa shape index (κ2) is 7.91. The molecular weight excluding hydrogens is 338 g/mol. The van der Waals surface area contributed by atoms with Crippen molar-refractivity contribution in [3.63, 3.8) is 0 Å². The van der Waals surface area contributed by atoms with Gasteiger partial charge in [-0.15, -0.1) is 0 Å². The van der Waals surface area contributed by atoms with E-state index in [1.165, 1.54) is 5.56 Å². The molecule has 3 amide bonds. The second-order valence-electron chi connectivity index (χ2n) is 8.54. The van der Waals surface area contributed by atoms with E-state index in [0.717, 1.165) is 77.8 Å². The number of nitrogens with zero attached hydrogens (tertiary/aromatic N) is 3. The lowest BCUT2D eigenvalue weighted by Crippen LogP contribution is -2.48. The predicted octanol–water partition coefficient (Wildman–Crippen LogP) is 3.15. The Bertz CT molecular complexity index is 661. The molecule has 4 rings (SSSR count). The van der Waals surface area contributed by atoms with Crippen LogP contribution in [-0.2, 0) is 11.2 Å². The summed E-state index contributed by atoms with van der Waals surface area (Å²) < 4.78 is 0. The number of carbonyl (C=O) groups excluding carboxylic acids is 2. The van der Waals surface area contributed by atoms with Crippen molar-refractivity contribution in [3.05, 3.63) is 35.9 Å². The highest BCUT2D eigenvalue weighted by molar-refractivity contribution is 5.80. The normalized spacial score (nSPS) is 22.1. The smallest absolute Gasteiger partial charge is 0.319 e. The molecule has 0 atom stereocenters. The standard InChI is InChI=1S/C22H31N3O2/c26-20-17-22(18-25(20)14-6-9-19-7-2-1-3-8-19)10-15-24(16-11-22)21(27)23-12-4-5-13-23/h1-3,7-8H,4-6,9-18H2. The summed E-state index contributed by atoms with van der Waals surface area (Å²) in [4.78, 5) is 31.2. The molecule has 3 aliphatic rings. The van der Waals surface area contributed by atoms with Gasteiger partial charge in [-0.3, -0.25) is 4.79 Å². The Kier molecular flexibility index (Phi) is 5.37. The number of rotatable bonds is 4. The highest BCUT2D eigenvalue weighted by atomic mass is 16.2. The van der Waals surface area contributed by atoms with Gasteiger partial charge < -0.3 is 14.7 Å². The third-order valence-electron chi connectivity index (χ3n) is 6.61. The number of carbonyl (C=O) groups is 2. The van der Waals surface area contributed by atoms with Crippen LogP contribution in [0.4, 0.5) is 4.79 Å². The van der Waals surface area contributed by atoms with E-state index in [1.807, 2.05) is 15.9 Å². The van der Waals surface area contributed by atoms with E-state index in [9.17, 15) is 9.59 Å². The second-order valence-corrected chi connectivity index (χ2v) is 8.54. The molecule has 0 aliphatic carbocycles. The van der Waals surface area contributed by atoms with Gasteiger partial charge in [0.15, 0.2) is 0 Å². The molecule has 1 aromatic rings. The average Bonchev–Trinajstić information content (AvgIpc) is 3.32. The van der Waals surface area contributed by atoms with Gasteiger partial charge in [-0.1, -0.05) is 30.3 Å². The van der Waals surface area contributed by atoms with Crippen molar-refractivity contribution in [3.8, 4) is 0 Å². The predicted molar refractivity (Wildman–Crippen MR) is 105 cm³/mol. The lowest BCUT2D eigenvalue weighted by Gasteiger charge is -2.40. The van der Waals surface area contributed by atoms with Gasteiger partial charge in [-0.2, -0.15) is 0 Å². The Morgan fingerprint density at radius 1 is 0.963 bits per heavy atom. The first kappa shape index (κ1) is 18.3. The number of piperidine rings is 1. The van der Waals surface area contributed by atoms with Crippen LogP contribution in [0.2, 0.25) is 0 Å². The molecule has 27 heavy (non-hydrogen) atoms. The topological polar surface area (TPSA) is 43.9 Å². The largest absolute Gasteiger partial charge is 0.342 e. The minimum Gasteiger partial charge on any atom is -0.342 e. The number of amides is 3. The van der Waals surface area contributed by atoms with Gasteiger partial charge in [0.25, 0.3) is 0 Å². The van der Waals surface area contributed by atoms with E-state index < -0.39 is 0 Å². The van der Waals surface area contributed by atoms with E-state index in [0.29, 0.717) is 12.3 Å². The highest BCUT2D eigenvalue weighted by Crippen LogP contribution is 2.41. The fourth-order valence-corrected chi connectivity index (χ4v) is 4.92. The summed E-state index contributed by atoms with van der Waals surface area (Å²) in [6.07, 6.45) is 6.91. The van der Waals surface area contributed by atoms with Gasteiger partial charge in [0.1, 0.15) is 0 Å². The lowest BCUT2D eigenvalue weighted by molar-refractivity contribution is -0.127. The van der Waals surface area contributed by atoms with Gasteiger partial charge >= 0.3 is 6.03 Å². The molecule has 5 nitrogen and oxygen atoms in total. The summed E-state index contributed by atoms with van der Waals surface area (Å²) in [5, 5.41) is 0. The summed E-state index contributed by atoms with van der Waals surface area (Å²) in [7, 11) is 0. The molecule has 3 saturated heterocycles. The lowest BCUT2D eigenvalue weighted by atomic mass is 9.77. The van der Waals surface area contributed by atoms with E-state index in [2.05, 4.69) is 29.2 Å². The van der Waals surface area contributed by atoms with Crippen molar-refractivity contribution >= 4 is 11.9 Å². The number of urea groups is 1. The maximum absolute atomic E-state index is 12.6. The third-order valence-corrected chi connectivity index (χ3v) is 6.61. The fourth-order valence-electron chi connectivity index (χ4n) is 4.92. The zero-order valence-electron chi connectivity index (χ0n) is 16.2. The maximum atomic E-state index is 12.6. The molecule has 146 valence electrons. The quantitative estimate of drug-likeness (QED) is 0.818. The molecule has 1 spiro atoms. The third kappa shape index (κ3) is 4.12. The monoisotopic (exact) mass is 369 g/mol. The van der Waals surface area contributed by atoms with Crippen LogP contribution in [-0.4, -0.2) is 65.9 Å². The first-order valence-electron chi connectivity index (χ1n) is 10.5. The first-order valence-corrected chi connectivity index (χ1v) is 10.5. The molecule has 3 heterocycles. The summed E-state index contributed by atoms with van der Waals surface area (Å²) in [6.45, 7) is 5.17. The van der Waals surface area contributed by atoms with Crippen LogP contribution < -0.4 is 0 Å². The molecular formula is C22H31N3O2. The van der Waals surface area contributed by atoms with Crippen LogP contribution in [0, 0.1) is 5.41 Å². The molecule has 0 unspecified atom stereocenters. The Labute approximate surface area is 162 Å². The summed E-state index contributed by atoms with van der Waals surface area (Å²) >= 11 is 0. The molecule has 0 aromatic heterocycles. The van der Waals surface area contributed by atoms with Crippen LogP contribution in [0.3, 0.4) is 0 Å². The van der Waals surface area contributed by atoms with Gasteiger partial charge in [0.05, 0.1) is 0 Å². The number of benzene rings is 1. The number of hydrogen-bond acceptors (Lipinski definition) is 2. The van der Waals surface area contributed by atoms with Crippen LogP contribution in [0.15, 0.2) is 30.3 Å². The summed E-state index contributed by atoms with van der Waals surface area (Å²) in [6, 6.07) is 10.7. The van der Waals surface area contributed by atoms with Gasteiger partial charge in [0, 0.05) is 51.1 Å². The van der Waals surface area contributed by atoms with E-state index in [1.54, 1.807) is 0 Å². The summed E-state index contributed by atoms with van der Waals surface area (Å²) in [5.74, 6) is 0.308. The SMILES string of the molecule is O=C1CC2(CCN(C(=O)N3CCCC3)CC2)CN1CCCc1ccccc1.